The second-order valence-electron chi connectivity index (χ2n) is 0.858. The van der Waals surface area contributed by atoms with Crippen LogP contribution in [0.3, 0.4) is 0 Å². The van der Waals surface area contributed by atoms with Crippen LogP contribution in [-0.2, 0) is 20.6 Å². The Morgan fingerprint density at radius 3 is 2.88 bits per heavy atom. The van der Waals surface area contributed by atoms with Gasteiger partial charge in [0.2, 0.25) is 0 Å². The average Bonchev–Trinajstić information content (AvgIpc) is 1.66. The summed E-state index contributed by atoms with van der Waals surface area (Å²) in [5, 5.41) is 0. The molecule has 0 aliphatic heterocycles. The zero-order valence-electron chi connectivity index (χ0n) is 4.07. The van der Waals surface area contributed by atoms with Crippen molar-refractivity contribution in [3.63, 3.8) is 0 Å². The van der Waals surface area contributed by atoms with Gasteiger partial charge in [0.25, 0.3) is 0 Å². The molecule has 0 aromatic rings. The van der Waals surface area contributed by atoms with Crippen LogP contribution in [0.4, 0.5) is 0 Å². The summed E-state index contributed by atoms with van der Waals surface area (Å²) in [4.78, 5) is 4.08. The first-order valence-electron chi connectivity index (χ1n) is 1.79. The minimum atomic E-state index is -2.34. The van der Waals surface area contributed by atoms with Crippen LogP contribution < -0.4 is 0 Å². The first-order chi connectivity index (χ1) is 3.77. The molecule has 0 saturated carbocycles. The third-order valence-corrected chi connectivity index (χ3v) is 0.505. The minimum absolute atomic E-state index is 0.103. The van der Waals surface area contributed by atoms with Crippen LogP contribution in [0.15, 0.2) is 12.7 Å². The molecule has 0 saturated heterocycles. The van der Waals surface area contributed by atoms with E-state index in [2.05, 4.69) is 15.8 Å². The molecule has 8 heavy (non-hydrogen) atoms. The predicted octanol–water partition coefficient (Wildman–Crippen LogP) is 0.257. The van der Waals surface area contributed by atoms with E-state index in [1.165, 1.54) is 6.08 Å². The molecule has 4 nitrogen and oxygen atoms in total. The van der Waals surface area contributed by atoms with E-state index in [9.17, 15) is 4.21 Å². The molecule has 1 atom stereocenters. The molecule has 5 heteroatoms. The van der Waals surface area contributed by atoms with E-state index in [1.54, 1.807) is 0 Å². The molecule has 48 valence electrons. The number of hydrogen-bond donors (Lipinski definition) is 1. The standard InChI is InChI=1S/C3H6O4S/c1-2-3-6-7-8(4)5/h2H,1,3H2,(H,4,5). The van der Waals surface area contributed by atoms with Crippen molar-refractivity contribution < 1.29 is 18.0 Å². The van der Waals surface area contributed by atoms with Crippen molar-refractivity contribution in [2.75, 3.05) is 6.61 Å². The van der Waals surface area contributed by atoms with Gasteiger partial charge in [-0.1, -0.05) is 6.08 Å². The Morgan fingerprint density at radius 1 is 1.88 bits per heavy atom. The predicted molar refractivity (Wildman–Crippen MR) is 28.0 cm³/mol. The van der Waals surface area contributed by atoms with Crippen LogP contribution in [0, 0.1) is 0 Å². The van der Waals surface area contributed by atoms with Crippen LogP contribution in [0.1, 0.15) is 0 Å². The molecule has 0 bridgehead atoms. The van der Waals surface area contributed by atoms with Crippen molar-refractivity contribution >= 4 is 11.4 Å². The van der Waals surface area contributed by atoms with Crippen molar-refractivity contribution in [2.24, 2.45) is 0 Å². The maximum Gasteiger partial charge on any atom is 0.331 e. The Hall–Kier alpha value is -0.230. The summed E-state index contributed by atoms with van der Waals surface area (Å²) in [6.45, 7) is 3.38. The van der Waals surface area contributed by atoms with Crippen molar-refractivity contribution in [3.8, 4) is 0 Å². The van der Waals surface area contributed by atoms with Gasteiger partial charge in [-0.25, -0.2) is 4.89 Å². The van der Waals surface area contributed by atoms with Gasteiger partial charge in [0.15, 0.2) is 0 Å². The SMILES string of the molecule is C=CCOOS(=O)O. The van der Waals surface area contributed by atoms with Crippen molar-refractivity contribution in [1.29, 1.82) is 0 Å². The third kappa shape index (κ3) is 5.77. The summed E-state index contributed by atoms with van der Waals surface area (Å²) < 4.78 is 21.2. The smallest absolute Gasteiger partial charge is 0.282 e. The molecule has 0 heterocycles. The van der Waals surface area contributed by atoms with Gasteiger partial charge in [0.05, 0.1) is 0 Å². The molecule has 0 aromatic heterocycles. The quantitative estimate of drug-likeness (QED) is 0.199. The van der Waals surface area contributed by atoms with E-state index >= 15 is 0 Å². The van der Waals surface area contributed by atoms with Crippen molar-refractivity contribution in [2.45, 2.75) is 0 Å². The van der Waals surface area contributed by atoms with E-state index in [-0.39, 0.29) is 6.61 Å². The first-order valence-corrected chi connectivity index (χ1v) is 2.82. The lowest BCUT2D eigenvalue weighted by atomic mass is 10.7. The molecule has 0 aliphatic rings. The molecule has 0 spiro atoms. The van der Waals surface area contributed by atoms with Gasteiger partial charge < -0.3 is 0 Å². The summed E-state index contributed by atoms with van der Waals surface area (Å²) >= 11 is -2.34. The Balaban J connectivity index is 2.93. The van der Waals surface area contributed by atoms with E-state index in [0.717, 1.165) is 0 Å². The van der Waals surface area contributed by atoms with Crippen LogP contribution in [-0.4, -0.2) is 15.4 Å². The van der Waals surface area contributed by atoms with E-state index < -0.39 is 11.4 Å². The van der Waals surface area contributed by atoms with Gasteiger partial charge in [0.1, 0.15) is 6.61 Å². The highest BCUT2D eigenvalue weighted by atomic mass is 32.2. The van der Waals surface area contributed by atoms with Gasteiger partial charge >= 0.3 is 11.4 Å². The van der Waals surface area contributed by atoms with Gasteiger partial charge in [-0.05, 0) is 0 Å². The highest BCUT2D eigenvalue weighted by Crippen LogP contribution is 1.80. The average molecular weight is 138 g/mol. The lowest BCUT2D eigenvalue weighted by Gasteiger charge is -1.90. The molecule has 1 N–H and O–H groups in total. The highest BCUT2D eigenvalue weighted by Gasteiger charge is 1.88. The van der Waals surface area contributed by atoms with Gasteiger partial charge in [-0.2, -0.15) is 4.21 Å². The fraction of sp³-hybridized carbons (Fsp3) is 0.333. The lowest BCUT2D eigenvalue weighted by Crippen LogP contribution is -1.96. The maximum absolute atomic E-state index is 9.60. The molecule has 0 amide bonds. The van der Waals surface area contributed by atoms with Gasteiger partial charge in [0, 0.05) is 0 Å². The van der Waals surface area contributed by atoms with Crippen molar-refractivity contribution in [3.05, 3.63) is 12.7 Å². The molecular formula is C3H6O4S. The lowest BCUT2D eigenvalue weighted by molar-refractivity contribution is -0.190. The zero-order chi connectivity index (χ0) is 6.41. The van der Waals surface area contributed by atoms with E-state index in [1.807, 2.05) is 0 Å². The normalized spacial score (nSPS) is 13.1. The maximum atomic E-state index is 9.60. The van der Waals surface area contributed by atoms with Crippen LogP contribution in [0.5, 0.6) is 0 Å². The summed E-state index contributed by atoms with van der Waals surface area (Å²) in [6.07, 6.45) is 1.40. The van der Waals surface area contributed by atoms with Gasteiger partial charge in [-0.3, -0.25) is 4.55 Å². The summed E-state index contributed by atoms with van der Waals surface area (Å²) in [5.74, 6) is 0. The topological polar surface area (TPSA) is 55.8 Å². The summed E-state index contributed by atoms with van der Waals surface area (Å²) in [6, 6.07) is 0. The zero-order valence-corrected chi connectivity index (χ0v) is 4.89. The monoisotopic (exact) mass is 138 g/mol. The Bertz CT molecular complexity index is 91.3. The first kappa shape index (κ1) is 7.77. The Labute approximate surface area is 49.5 Å². The number of hydrogen-bond acceptors (Lipinski definition) is 3. The molecular weight excluding hydrogens is 132 g/mol. The summed E-state index contributed by atoms with van der Waals surface area (Å²) in [7, 11) is 0. The Kier molecular flexibility index (Phi) is 4.78. The highest BCUT2D eigenvalue weighted by molar-refractivity contribution is 7.74. The van der Waals surface area contributed by atoms with Crippen LogP contribution >= 0.6 is 0 Å². The fourth-order valence-corrected chi connectivity index (χ4v) is 0.255. The minimum Gasteiger partial charge on any atom is -0.282 e. The Morgan fingerprint density at radius 2 is 2.50 bits per heavy atom. The fourth-order valence-electron chi connectivity index (χ4n) is 0.117. The second-order valence-corrected chi connectivity index (χ2v) is 1.43. The molecule has 0 aromatic carbocycles. The largest absolute Gasteiger partial charge is 0.331 e. The number of rotatable bonds is 4. The molecule has 0 rings (SSSR count). The summed E-state index contributed by atoms with van der Waals surface area (Å²) in [5.41, 5.74) is 0. The third-order valence-electron chi connectivity index (χ3n) is 0.292. The molecule has 0 fully saturated rings. The van der Waals surface area contributed by atoms with Crippen LogP contribution in [0.25, 0.3) is 0 Å². The molecule has 1 unspecified atom stereocenters. The van der Waals surface area contributed by atoms with Crippen LogP contribution in [0.2, 0.25) is 0 Å². The molecule has 0 aliphatic carbocycles. The van der Waals surface area contributed by atoms with Gasteiger partial charge in [-0.15, -0.1) is 10.9 Å². The van der Waals surface area contributed by atoms with Crippen molar-refractivity contribution in [1.82, 2.24) is 0 Å². The molecule has 0 radical (unpaired) electrons. The van der Waals surface area contributed by atoms with E-state index in [4.69, 9.17) is 4.55 Å². The van der Waals surface area contributed by atoms with E-state index in [0.29, 0.717) is 0 Å². The second kappa shape index (κ2) is 4.92.